The van der Waals surface area contributed by atoms with Gasteiger partial charge in [0.15, 0.2) is 0 Å². The van der Waals surface area contributed by atoms with Gasteiger partial charge in [-0.2, -0.15) is 5.26 Å². The maximum atomic E-state index is 12.7. The van der Waals surface area contributed by atoms with Crippen LogP contribution in [0, 0.1) is 17.2 Å². The third kappa shape index (κ3) is 4.30. The van der Waals surface area contributed by atoms with Gasteiger partial charge in [0, 0.05) is 31.1 Å². The highest BCUT2D eigenvalue weighted by atomic mass is 32.1. The summed E-state index contributed by atoms with van der Waals surface area (Å²) in [6, 6.07) is 10.4. The summed E-state index contributed by atoms with van der Waals surface area (Å²) in [5.74, 6) is 1.48. The number of methoxy groups -OCH3 is 1. The highest BCUT2D eigenvalue weighted by Crippen LogP contribution is 2.39. The van der Waals surface area contributed by atoms with Crippen molar-refractivity contribution in [2.24, 2.45) is 5.92 Å². The Labute approximate surface area is 182 Å². The number of piperazine rings is 1. The van der Waals surface area contributed by atoms with E-state index < -0.39 is 0 Å². The molecular formula is C23H28N4O2S. The number of rotatable bonds is 5. The highest BCUT2D eigenvalue weighted by Gasteiger charge is 2.26. The molecule has 0 spiro atoms. The maximum Gasteiger partial charge on any atom is 0.239 e. The van der Waals surface area contributed by atoms with Gasteiger partial charge in [0.2, 0.25) is 5.91 Å². The minimum absolute atomic E-state index is 0.0381. The molecule has 1 fully saturated rings. The number of nitrogens with zero attached hydrogens (tertiary/aromatic N) is 3. The molecule has 1 amide bonds. The minimum Gasteiger partial charge on any atom is -0.495 e. The molecule has 2 heterocycles. The van der Waals surface area contributed by atoms with E-state index in [9.17, 15) is 10.1 Å². The van der Waals surface area contributed by atoms with Gasteiger partial charge in [-0.15, -0.1) is 11.3 Å². The number of anilines is 2. The topological polar surface area (TPSA) is 68.6 Å². The lowest BCUT2D eigenvalue weighted by molar-refractivity contribution is -0.117. The molecule has 7 heteroatoms. The molecule has 0 saturated carbocycles. The van der Waals surface area contributed by atoms with Crippen molar-refractivity contribution in [3.8, 4) is 11.8 Å². The smallest absolute Gasteiger partial charge is 0.239 e. The van der Waals surface area contributed by atoms with Crippen LogP contribution in [0.3, 0.4) is 0 Å². The number of carbonyl (C=O) groups excluding carboxylic acids is 1. The van der Waals surface area contributed by atoms with Gasteiger partial charge in [0.25, 0.3) is 0 Å². The first kappa shape index (κ1) is 20.7. The fraction of sp³-hybridized carbons (Fsp3) is 0.478. The highest BCUT2D eigenvalue weighted by molar-refractivity contribution is 7.16. The Kier molecular flexibility index (Phi) is 6.26. The summed E-state index contributed by atoms with van der Waals surface area (Å²) in [6.07, 6.45) is 3.06. The number of nitrogens with one attached hydrogen (secondary N) is 1. The molecule has 4 rings (SSSR count). The fourth-order valence-corrected chi connectivity index (χ4v) is 5.74. The second kappa shape index (κ2) is 9.07. The number of nitriles is 1. The van der Waals surface area contributed by atoms with Crippen molar-refractivity contribution in [2.45, 2.75) is 26.2 Å². The zero-order valence-electron chi connectivity index (χ0n) is 17.6. The van der Waals surface area contributed by atoms with Gasteiger partial charge in [-0.1, -0.05) is 19.1 Å². The normalized spacial score (nSPS) is 19.1. The molecule has 0 unspecified atom stereocenters. The van der Waals surface area contributed by atoms with Crippen molar-refractivity contribution >= 4 is 27.9 Å². The van der Waals surface area contributed by atoms with Gasteiger partial charge in [-0.3, -0.25) is 9.69 Å². The van der Waals surface area contributed by atoms with Gasteiger partial charge in [0.1, 0.15) is 16.8 Å². The predicted molar refractivity (Wildman–Crippen MR) is 120 cm³/mol. The van der Waals surface area contributed by atoms with Crippen molar-refractivity contribution in [3.05, 3.63) is 40.3 Å². The van der Waals surface area contributed by atoms with Crippen molar-refractivity contribution in [1.82, 2.24) is 4.90 Å². The van der Waals surface area contributed by atoms with Crippen LogP contribution >= 0.6 is 11.3 Å². The summed E-state index contributed by atoms with van der Waals surface area (Å²) < 4.78 is 5.47. The third-order valence-electron chi connectivity index (χ3n) is 6.04. The zero-order chi connectivity index (χ0) is 21.1. The molecule has 0 radical (unpaired) electrons. The summed E-state index contributed by atoms with van der Waals surface area (Å²) in [5.41, 5.74) is 2.93. The monoisotopic (exact) mass is 424 g/mol. The van der Waals surface area contributed by atoms with Crippen LogP contribution in [0.5, 0.6) is 5.75 Å². The number of para-hydroxylation sites is 2. The summed E-state index contributed by atoms with van der Waals surface area (Å²) in [4.78, 5) is 18.4. The van der Waals surface area contributed by atoms with E-state index in [2.05, 4.69) is 34.2 Å². The predicted octanol–water partition coefficient (Wildman–Crippen LogP) is 3.51. The maximum absolute atomic E-state index is 12.7. The molecule has 1 aromatic heterocycles. The van der Waals surface area contributed by atoms with Crippen LogP contribution in [0.4, 0.5) is 10.7 Å². The van der Waals surface area contributed by atoms with Crippen LogP contribution in [0.25, 0.3) is 0 Å². The molecule has 158 valence electrons. The fourth-order valence-electron chi connectivity index (χ4n) is 4.36. The molecule has 0 bridgehead atoms. The molecule has 1 aliphatic heterocycles. The number of benzene rings is 1. The largest absolute Gasteiger partial charge is 0.495 e. The lowest BCUT2D eigenvalue weighted by atomic mass is 9.89. The van der Waals surface area contributed by atoms with E-state index in [4.69, 9.17) is 4.74 Å². The summed E-state index contributed by atoms with van der Waals surface area (Å²) in [6.45, 7) is 5.93. The van der Waals surface area contributed by atoms with Gasteiger partial charge in [-0.05, 0) is 42.9 Å². The second-order valence-electron chi connectivity index (χ2n) is 8.15. The van der Waals surface area contributed by atoms with E-state index in [-0.39, 0.29) is 5.91 Å². The first-order valence-electron chi connectivity index (χ1n) is 10.5. The Bertz CT molecular complexity index is 957. The third-order valence-corrected chi connectivity index (χ3v) is 7.21. The van der Waals surface area contributed by atoms with Crippen molar-refractivity contribution in [2.75, 3.05) is 50.1 Å². The molecule has 2 aliphatic rings. The van der Waals surface area contributed by atoms with Crippen molar-refractivity contribution in [3.63, 3.8) is 0 Å². The number of hydrogen-bond acceptors (Lipinski definition) is 6. The second-order valence-corrected chi connectivity index (χ2v) is 9.26. The molecule has 30 heavy (non-hydrogen) atoms. The van der Waals surface area contributed by atoms with Crippen LogP contribution in [-0.4, -0.2) is 50.6 Å². The number of thiophene rings is 1. The first-order valence-corrected chi connectivity index (χ1v) is 11.4. The first-order chi connectivity index (χ1) is 14.6. The van der Waals surface area contributed by atoms with Crippen molar-refractivity contribution < 1.29 is 9.53 Å². The Morgan fingerprint density at radius 2 is 2.07 bits per heavy atom. The van der Waals surface area contributed by atoms with Crippen LogP contribution in [0.1, 0.15) is 29.3 Å². The van der Waals surface area contributed by atoms with E-state index >= 15 is 0 Å². The van der Waals surface area contributed by atoms with Crippen LogP contribution in [0.15, 0.2) is 24.3 Å². The molecule has 1 saturated heterocycles. The van der Waals surface area contributed by atoms with Crippen LogP contribution < -0.4 is 15.0 Å². The number of amides is 1. The number of fused-ring (bicyclic) bond motifs is 1. The average molecular weight is 425 g/mol. The summed E-state index contributed by atoms with van der Waals surface area (Å²) in [7, 11) is 1.69. The summed E-state index contributed by atoms with van der Waals surface area (Å²) >= 11 is 1.59. The molecule has 1 atom stereocenters. The van der Waals surface area contributed by atoms with E-state index in [0.717, 1.165) is 67.4 Å². The number of ether oxygens (including phenoxy) is 1. The van der Waals surface area contributed by atoms with E-state index in [0.29, 0.717) is 18.0 Å². The van der Waals surface area contributed by atoms with Crippen LogP contribution in [-0.2, 0) is 17.6 Å². The van der Waals surface area contributed by atoms with Gasteiger partial charge < -0.3 is 15.0 Å². The number of hydrogen-bond donors (Lipinski definition) is 1. The van der Waals surface area contributed by atoms with E-state index in [1.807, 2.05) is 18.2 Å². The molecule has 6 nitrogen and oxygen atoms in total. The molecule has 2 aromatic rings. The van der Waals surface area contributed by atoms with E-state index in [1.165, 1.54) is 4.88 Å². The van der Waals surface area contributed by atoms with Gasteiger partial charge in [-0.25, -0.2) is 0 Å². The molecule has 1 N–H and O–H groups in total. The minimum atomic E-state index is -0.0381. The molecule has 1 aliphatic carbocycles. The van der Waals surface area contributed by atoms with Gasteiger partial charge in [0.05, 0.1) is 24.9 Å². The summed E-state index contributed by atoms with van der Waals surface area (Å²) in [5, 5.41) is 13.4. The van der Waals surface area contributed by atoms with E-state index in [1.54, 1.807) is 18.4 Å². The van der Waals surface area contributed by atoms with Crippen LogP contribution in [0.2, 0.25) is 0 Å². The average Bonchev–Trinajstić information content (AvgIpc) is 3.09. The Balaban J connectivity index is 1.34. The Morgan fingerprint density at radius 1 is 1.30 bits per heavy atom. The molecular weight excluding hydrogens is 396 g/mol. The van der Waals surface area contributed by atoms with Crippen molar-refractivity contribution in [1.29, 1.82) is 5.26 Å². The SMILES string of the molecule is COc1ccccc1N1CCN(CC(=O)Nc2sc3c(c2C#N)CC[C@@H](C)C3)CC1. The van der Waals surface area contributed by atoms with Gasteiger partial charge >= 0.3 is 0 Å². The number of carbonyl (C=O) groups is 1. The lowest BCUT2D eigenvalue weighted by Crippen LogP contribution is -2.48. The quantitative estimate of drug-likeness (QED) is 0.795. The zero-order valence-corrected chi connectivity index (χ0v) is 18.4. The standard InChI is InChI=1S/C23H28N4O2S/c1-16-7-8-17-18(14-24)23(30-21(17)13-16)25-22(28)15-26-9-11-27(12-10-26)19-5-3-4-6-20(19)29-2/h3-6,16H,7-13,15H2,1-2H3,(H,25,28)/t16-/m1/s1. The molecule has 1 aromatic carbocycles. The lowest BCUT2D eigenvalue weighted by Gasteiger charge is -2.36. The Hall–Kier alpha value is -2.56. The Morgan fingerprint density at radius 3 is 2.80 bits per heavy atom.